The summed E-state index contributed by atoms with van der Waals surface area (Å²) in [6, 6.07) is 5.00. The van der Waals surface area contributed by atoms with E-state index in [1.54, 1.807) is 12.1 Å². The van der Waals surface area contributed by atoms with E-state index in [9.17, 15) is 13.2 Å². The third-order valence-corrected chi connectivity index (χ3v) is 3.12. The second kappa shape index (κ2) is 6.05. The van der Waals surface area contributed by atoms with Gasteiger partial charge in [0.15, 0.2) is 29.0 Å². The van der Waals surface area contributed by atoms with Crippen molar-refractivity contribution in [2.75, 3.05) is 14.2 Å². The Bertz CT molecular complexity index is 651. The van der Waals surface area contributed by atoms with Gasteiger partial charge in [0.1, 0.15) is 0 Å². The van der Waals surface area contributed by atoms with E-state index in [0.717, 1.165) is 12.1 Å². The Morgan fingerprint density at radius 3 is 1.90 bits per heavy atom. The van der Waals surface area contributed by atoms with Crippen LogP contribution in [0.4, 0.5) is 13.2 Å². The number of hydrogen-bond acceptors (Lipinski definition) is 3. The van der Waals surface area contributed by atoms with Gasteiger partial charge in [0.2, 0.25) is 0 Å². The van der Waals surface area contributed by atoms with Crippen LogP contribution in [-0.4, -0.2) is 14.2 Å². The lowest BCUT2D eigenvalue weighted by Crippen LogP contribution is -2.02. The Kier molecular flexibility index (Phi) is 4.37. The minimum atomic E-state index is -1.51. The Morgan fingerprint density at radius 1 is 0.905 bits per heavy atom. The molecule has 0 saturated heterocycles. The molecule has 0 fully saturated rings. The first-order valence-corrected chi connectivity index (χ1v) is 6.11. The minimum absolute atomic E-state index is 0.121. The first-order valence-electron chi connectivity index (χ1n) is 6.11. The fraction of sp³-hybridized carbons (Fsp3) is 0.200. The zero-order valence-electron chi connectivity index (χ0n) is 11.5. The summed E-state index contributed by atoms with van der Waals surface area (Å²) in [5, 5.41) is 0. The van der Waals surface area contributed by atoms with E-state index in [1.807, 2.05) is 0 Å². The van der Waals surface area contributed by atoms with Gasteiger partial charge in [-0.3, -0.25) is 0 Å². The summed E-state index contributed by atoms with van der Waals surface area (Å²) in [6.45, 7) is 0.121. The Morgan fingerprint density at radius 2 is 1.43 bits per heavy atom. The van der Waals surface area contributed by atoms with Gasteiger partial charge in [0.25, 0.3) is 0 Å². The van der Waals surface area contributed by atoms with Crippen molar-refractivity contribution < 1.29 is 22.6 Å². The van der Waals surface area contributed by atoms with Gasteiger partial charge in [0.05, 0.1) is 14.2 Å². The number of halogens is 3. The molecule has 0 aromatic heterocycles. The summed E-state index contributed by atoms with van der Waals surface area (Å²) in [7, 11) is 2.91. The third-order valence-electron chi connectivity index (χ3n) is 3.12. The van der Waals surface area contributed by atoms with E-state index >= 15 is 0 Å². The van der Waals surface area contributed by atoms with Crippen LogP contribution < -0.4 is 15.2 Å². The third kappa shape index (κ3) is 2.80. The second-order valence-corrected chi connectivity index (χ2v) is 4.32. The van der Waals surface area contributed by atoms with Crippen molar-refractivity contribution in [2.45, 2.75) is 6.54 Å². The second-order valence-electron chi connectivity index (χ2n) is 4.32. The van der Waals surface area contributed by atoms with E-state index in [2.05, 4.69) is 0 Å². The van der Waals surface area contributed by atoms with Crippen LogP contribution in [0.3, 0.4) is 0 Å². The average Bonchev–Trinajstić information content (AvgIpc) is 2.50. The first-order chi connectivity index (χ1) is 10.0. The molecule has 0 spiro atoms. The van der Waals surface area contributed by atoms with E-state index in [1.165, 1.54) is 14.2 Å². The Hall–Kier alpha value is -2.21. The van der Waals surface area contributed by atoms with Crippen molar-refractivity contribution in [3.8, 4) is 22.6 Å². The molecule has 0 atom stereocenters. The molecule has 112 valence electrons. The van der Waals surface area contributed by atoms with Crippen molar-refractivity contribution in [2.24, 2.45) is 5.73 Å². The molecular weight excluding hydrogens is 283 g/mol. The molecule has 2 aromatic rings. The van der Waals surface area contributed by atoms with Crippen LogP contribution in [-0.2, 0) is 6.54 Å². The van der Waals surface area contributed by atoms with Crippen molar-refractivity contribution >= 4 is 0 Å². The molecule has 2 N–H and O–H groups in total. The highest BCUT2D eigenvalue weighted by Gasteiger charge is 2.16. The molecule has 21 heavy (non-hydrogen) atoms. The van der Waals surface area contributed by atoms with Crippen LogP contribution in [0, 0.1) is 17.5 Å². The van der Waals surface area contributed by atoms with Crippen molar-refractivity contribution in [1.82, 2.24) is 0 Å². The maximum atomic E-state index is 13.4. The maximum Gasteiger partial charge on any atom is 0.194 e. The fourth-order valence-electron chi connectivity index (χ4n) is 2.07. The van der Waals surface area contributed by atoms with Crippen LogP contribution in [0.25, 0.3) is 11.1 Å². The number of benzene rings is 2. The zero-order valence-corrected chi connectivity index (χ0v) is 11.5. The van der Waals surface area contributed by atoms with Crippen LogP contribution >= 0.6 is 0 Å². The largest absolute Gasteiger partial charge is 0.493 e. The molecule has 0 heterocycles. The summed E-state index contributed by atoms with van der Waals surface area (Å²) < 4.78 is 50.1. The molecule has 6 heteroatoms. The van der Waals surface area contributed by atoms with Gasteiger partial charge < -0.3 is 15.2 Å². The molecule has 0 unspecified atom stereocenters. The normalized spacial score (nSPS) is 10.6. The lowest BCUT2D eigenvalue weighted by Gasteiger charge is -2.14. The van der Waals surface area contributed by atoms with E-state index in [4.69, 9.17) is 15.2 Å². The smallest absolute Gasteiger partial charge is 0.194 e. The number of hydrogen-bond donors (Lipinski definition) is 1. The van der Waals surface area contributed by atoms with Crippen LogP contribution in [0.5, 0.6) is 11.5 Å². The summed E-state index contributed by atoms with van der Waals surface area (Å²) in [5.74, 6) is -3.20. The van der Waals surface area contributed by atoms with Gasteiger partial charge >= 0.3 is 0 Å². The molecule has 2 rings (SSSR count). The van der Waals surface area contributed by atoms with E-state index in [0.29, 0.717) is 22.6 Å². The molecule has 2 aromatic carbocycles. The Labute approximate surface area is 120 Å². The Balaban J connectivity index is 2.67. The van der Waals surface area contributed by atoms with E-state index < -0.39 is 17.5 Å². The van der Waals surface area contributed by atoms with Gasteiger partial charge in [0, 0.05) is 6.54 Å². The monoisotopic (exact) mass is 297 g/mol. The average molecular weight is 297 g/mol. The highest BCUT2D eigenvalue weighted by Crippen LogP contribution is 2.36. The van der Waals surface area contributed by atoms with Crippen molar-refractivity contribution in [3.05, 3.63) is 47.3 Å². The van der Waals surface area contributed by atoms with Gasteiger partial charge in [-0.25, -0.2) is 13.2 Å². The van der Waals surface area contributed by atoms with Crippen LogP contribution in [0.1, 0.15) is 5.56 Å². The molecule has 0 amide bonds. The van der Waals surface area contributed by atoms with E-state index in [-0.39, 0.29) is 12.1 Å². The first kappa shape index (κ1) is 15.2. The number of rotatable bonds is 4. The summed E-state index contributed by atoms with van der Waals surface area (Å²) in [4.78, 5) is 0. The van der Waals surface area contributed by atoms with Crippen LogP contribution in [0.15, 0.2) is 24.3 Å². The maximum absolute atomic E-state index is 13.4. The summed E-state index contributed by atoms with van der Waals surface area (Å²) in [6.07, 6.45) is 0. The molecule has 3 nitrogen and oxygen atoms in total. The van der Waals surface area contributed by atoms with Gasteiger partial charge in [-0.2, -0.15) is 0 Å². The number of methoxy groups -OCH3 is 2. The predicted molar refractivity (Wildman–Crippen MR) is 72.7 cm³/mol. The highest BCUT2D eigenvalue weighted by atomic mass is 19.2. The topological polar surface area (TPSA) is 44.5 Å². The zero-order chi connectivity index (χ0) is 15.6. The predicted octanol–water partition coefficient (Wildman–Crippen LogP) is 3.25. The van der Waals surface area contributed by atoms with Gasteiger partial charge in [-0.05, 0) is 41.0 Å². The highest BCUT2D eigenvalue weighted by molar-refractivity contribution is 5.71. The quantitative estimate of drug-likeness (QED) is 0.881. The standard InChI is InChI=1S/C15H14F3NO2/c1-20-13-5-9(7-19)10(6-14(13)21-2)8-3-11(16)15(18)12(17)4-8/h3-6H,7,19H2,1-2H3. The fourth-order valence-corrected chi connectivity index (χ4v) is 2.07. The minimum Gasteiger partial charge on any atom is -0.493 e. The molecule has 0 bridgehead atoms. The lowest BCUT2D eigenvalue weighted by atomic mass is 9.98. The van der Waals surface area contributed by atoms with Crippen LogP contribution in [0.2, 0.25) is 0 Å². The molecule has 0 aliphatic carbocycles. The number of nitrogens with two attached hydrogens (primary N) is 1. The molecule has 0 radical (unpaired) electrons. The van der Waals surface area contributed by atoms with Crippen molar-refractivity contribution in [3.63, 3.8) is 0 Å². The molecule has 0 aliphatic rings. The number of ether oxygens (including phenoxy) is 2. The lowest BCUT2D eigenvalue weighted by molar-refractivity contribution is 0.354. The molecular formula is C15H14F3NO2. The van der Waals surface area contributed by atoms with Crippen molar-refractivity contribution in [1.29, 1.82) is 0 Å². The molecule has 0 saturated carbocycles. The summed E-state index contributed by atoms with van der Waals surface area (Å²) >= 11 is 0. The van der Waals surface area contributed by atoms with Gasteiger partial charge in [-0.15, -0.1) is 0 Å². The SMILES string of the molecule is COc1cc(CN)c(-c2cc(F)c(F)c(F)c2)cc1OC. The van der Waals surface area contributed by atoms with Gasteiger partial charge in [-0.1, -0.05) is 0 Å². The molecule has 0 aliphatic heterocycles. The summed E-state index contributed by atoms with van der Waals surface area (Å²) in [5.41, 5.74) is 6.87.